The van der Waals surface area contributed by atoms with Gasteiger partial charge in [-0.1, -0.05) is 13.8 Å². The number of imide groups is 1. The first kappa shape index (κ1) is 18.5. The number of hydrogen-bond acceptors (Lipinski definition) is 5. The summed E-state index contributed by atoms with van der Waals surface area (Å²) in [6.07, 6.45) is 1.51. The molecular formula is C18H22N2O5. The molecule has 2 N–H and O–H groups in total. The fourth-order valence-corrected chi connectivity index (χ4v) is 2.58. The van der Waals surface area contributed by atoms with E-state index >= 15 is 0 Å². The van der Waals surface area contributed by atoms with Gasteiger partial charge in [-0.05, 0) is 36.1 Å². The van der Waals surface area contributed by atoms with Crippen molar-refractivity contribution >= 4 is 28.9 Å². The maximum absolute atomic E-state index is 12.0. The van der Waals surface area contributed by atoms with Gasteiger partial charge in [0.15, 0.2) is 6.61 Å². The minimum atomic E-state index is -0.692. The van der Waals surface area contributed by atoms with E-state index in [-0.39, 0.29) is 6.42 Å². The molecule has 1 aromatic heterocycles. The number of ether oxygens (including phenoxy) is 1. The van der Waals surface area contributed by atoms with Gasteiger partial charge in [0.25, 0.3) is 5.91 Å². The Morgan fingerprint density at radius 3 is 2.60 bits per heavy atom. The summed E-state index contributed by atoms with van der Waals surface area (Å²) in [7, 11) is 1.38. The lowest BCUT2D eigenvalue weighted by molar-refractivity contribution is -0.147. The molecule has 0 saturated carbocycles. The molecule has 0 radical (unpaired) electrons. The van der Waals surface area contributed by atoms with Crippen molar-refractivity contribution in [2.24, 2.45) is 0 Å². The molecule has 134 valence electrons. The lowest BCUT2D eigenvalue weighted by Gasteiger charge is -2.10. The van der Waals surface area contributed by atoms with Crippen molar-refractivity contribution in [2.75, 3.05) is 13.7 Å². The van der Waals surface area contributed by atoms with Crippen molar-refractivity contribution in [1.29, 1.82) is 0 Å². The molecule has 0 aliphatic heterocycles. The Balaban J connectivity index is 2.05. The van der Waals surface area contributed by atoms with Crippen LogP contribution in [0.15, 0.2) is 22.8 Å². The van der Waals surface area contributed by atoms with Gasteiger partial charge in [0.2, 0.25) is 0 Å². The fraction of sp³-hybridized carbons (Fsp3) is 0.389. The highest BCUT2D eigenvalue weighted by molar-refractivity contribution is 5.95. The van der Waals surface area contributed by atoms with Gasteiger partial charge in [-0.25, -0.2) is 4.79 Å². The third-order valence-electron chi connectivity index (χ3n) is 3.84. The average Bonchev–Trinajstić information content (AvgIpc) is 2.93. The number of furan rings is 1. The third kappa shape index (κ3) is 4.59. The minimum absolute atomic E-state index is 0.0130. The van der Waals surface area contributed by atoms with E-state index in [1.165, 1.54) is 18.9 Å². The summed E-state index contributed by atoms with van der Waals surface area (Å²) in [6.45, 7) is 5.72. The molecule has 2 aromatic rings. The lowest BCUT2D eigenvalue weighted by Crippen LogP contribution is -2.39. The van der Waals surface area contributed by atoms with Crippen LogP contribution < -0.4 is 10.6 Å². The Labute approximate surface area is 145 Å². The Hall–Kier alpha value is -2.83. The second kappa shape index (κ2) is 7.83. The lowest BCUT2D eigenvalue weighted by atomic mass is 9.95. The van der Waals surface area contributed by atoms with Crippen molar-refractivity contribution in [3.63, 3.8) is 0 Å². The number of rotatable bonds is 5. The highest BCUT2D eigenvalue weighted by Gasteiger charge is 2.16. The molecule has 1 heterocycles. The maximum Gasteiger partial charge on any atom is 0.321 e. The molecule has 0 spiro atoms. The van der Waals surface area contributed by atoms with Gasteiger partial charge in [0.1, 0.15) is 5.58 Å². The molecule has 7 heteroatoms. The third-order valence-corrected chi connectivity index (χ3v) is 3.84. The number of hydrogen-bond donors (Lipinski definition) is 2. The molecule has 3 amide bonds. The molecule has 0 aliphatic rings. The SMILES string of the molecule is CNC(=O)NC(=O)COC(=O)Cc1coc2cc(C)c(C(C)C)cc12. The summed E-state index contributed by atoms with van der Waals surface area (Å²) in [4.78, 5) is 34.4. The van der Waals surface area contributed by atoms with E-state index in [1.807, 2.05) is 24.4 Å². The summed E-state index contributed by atoms with van der Waals surface area (Å²) in [5.41, 5.74) is 3.74. The van der Waals surface area contributed by atoms with Crippen LogP contribution in [0, 0.1) is 6.92 Å². The van der Waals surface area contributed by atoms with Gasteiger partial charge in [-0.15, -0.1) is 0 Å². The highest BCUT2D eigenvalue weighted by atomic mass is 16.5. The Morgan fingerprint density at radius 2 is 1.96 bits per heavy atom. The zero-order chi connectivity index (χ0) is 18.6. The van der Waals surface area contributed by atoms with E-state index in [2.05, 4.69) is 19.2 Å². The van der Waals surface area contributed by atoms with Crippen molar-refractivity contribution in [2.45, 2.75) is 33.1 Å². The van der Waals surface area contributed by atoms with Gasteiger partial charge in [0, 0.05) is 18.0 Å². The second-order valence-electron chi connectivity index (χ2n) is 6.09. The summed E-state index contributed by atoms with van der Waals surface area (Å²) in [6, 6.07) is 3.33. The first-order chi connectivity index (χ1) is 11.8. The number of aryl methyl sites for hydroxylation is 1. The van der Waals surface area contributed by atoms with Crippen LogP contribution in [0.5, 0.6) is 0 Å². The number of urea groups is 1. The zero-order valence-corrected chi connectivity index (χ0v) is 14.8. The molecule has 2 rings (SSSR count). The first-order valence-electron chi connectivity index (χ1n) is 7.99. The van der Waals surface area contributed by atoms with Crippen LogP contribution in [0.4, 0.5) is 4.79 Å². The highest BCUT2D eigenvalue weighted by Crippen LogP contribution is 2.29. The average molecular weight is 346 g/mol. The number of carbonyl (C=O) groups excluding carboxylic acids is 3. The summed E-state index contributed by atoms with van der Waals surface area (Å²) < 4.78 is 10.4. The topological polar surface area (TPSA) is 97.6 Å². The monoisotopic (exact) mass is 346 g/mol. The normalized spacial score (nSPS) is 10.8. The van der Waals surface area contributed by atoms with Crippen LogP contribution in [0.25, 0.3) is 11.0 Å². The van der Waals surface area contributed by atoms with E-state index in [9.17, 15) is 14.4 Å². The van der Waals surface area contributed by atoms with Crippen LogP contribution in [-0.2, 0) is 20.7 Å². The second-order valence-corrected chi connectivity index (χ2v) is 6.09. The van der Waals surface area contributed by atoms with E-state index in [4.69, 9.17) is 9.15 Å². The molecule has 25 heavy (non-hydrogen) atoms. The van der Waals surface area contributed by atoms with Crippen LogP contribution in [-0.4, -0.2) is 31.6 Å². The number of nitrogens with one attached hydrogen (secondary N) is 2. The first-order valence-corrected chi connectivity index (χ1v) is 7.99. The molecule has 1 aromatic carbocycles. The molecule has 0 unspecified atom stereocenters. The number of amides is 3. The fourth-order valence-electron chi connectivity index (χ4n) is 2.58. The Morgan fingerprint density at radius 1 is 1.24 bits per heavy atom. The van der Waals surface area contributed by atoms with Crippen LogP contribution in [0.2, 0.25) is 0 Å². The smallest absolute Gasteiger partial charge is 0.321 e. The van der Waals surface area contributed by atoms with E-state index in [1.54, 1.807) is 0 Å². The molecule has 0 saturated heterocycles. The number of benzene rings is 1. The molecular weight excluding hydrogens is 324 g/mol. The Kier molecular flexibility index (Phi) is 5.80. The summed E-state index contributed by atoms with van der Waals surface area (Å²) in [5.74, 6) is -0.906. The summed E-state index contributed by atoms with van der Waals surface area (Å²) >= 11 is 0. The van der Waals surface area contributed by atoms with E-state index in [0.717, 1.165) is 10.9 Å². The zero-order valence-electron chi connectivity index (χ0n) is 14.8. The van der Waals surface area contributed by atoms with Crippen molar-refractivity contribution in [3.8, 4) is 0 Å². The van der Waals surface area contributed by atoms with Crippen molar-refractivity contribution in [3.05, 3.63) is 35.1 Å². The predicted octanol–water partition coefficient (Wildman–Crippen LogP) is 2.41. The van der Waals surface area contributed by atoms with Gasteiger partial charge in [-0.3, -0.25) is 14.9 Å². The quantitative estimate of drug-likeness (QED) is 0.810. The van der Waals surface area contributed by atoms with E-state index in [0.29, 0.717) is 17.1 Å². The largest absolute Gasteiger partial charge is 0.464 e. The molecule has 0 fully saturated rings. The van der Waals surface area contributed by atoms with Crippen molar-refractivity contribution in [1.82, 2.24) is 10.6 Å². The van der Waals surface area contributed by atoms with Crippen LogP contribution >= 0.6 is 0 Å². The predicted molar refractivity (Wildman–Crippen MR) is 92.3 cm³/mol. The van der Waals surface area contributed by atoms with Gasteiger partial charge in [-0.2, -0.15) is 0 Å². The molecule has 7 nitrogen and oxygen atoms in total. The van der Waals surface area contributed by atoms with Gasteiger partial charge < -0.3 is 14.5 Å². The van der Waals surface area contributed by atoms with Gasteiger partial charge >= 0.3 is 12.0 Å². The van der Waals surface area contributed by atoms with Crippen LogP contribution in [0.3, 0.4) is 0 Å². The molecule has 0 aliphatic carbocycles. The standard InChI is InChI=1S/C18H22N2O5/c1-10(2)13-7-14-12(8-24-15(14)5-11(13)3)6-17(22)25-9-16(21)20-18(23)19-4/h5,7-8,10H,6,9H2,1-4H3,(H2,19,20,21,23). The Bertz CT molecular complexity index is 807. The minimum Gasteiger partial charge on any atom is -0.464 e. The number of carbonyl (C=O) groups is 3. The van der Waals surface area contributed by atoms with Crippen LogP contribution in [0.1, 0.15) is 36.5 Å². The van der Waals surface area contributed by atoms with E-state index < -0.39 is 24.5 Å². The number of esters is 1. The van der Waals surface area contributed by atoms with Crippen molar-refractivity contribution < 1.29 is 23.5 Å². The number of fused-ring (bicyclic) bond motifs is 1. The maximum atomic E-state index is 12.0. The molecule has 0 bridgehead atoms. The molecule has 0 atom stereocenters. The summed E-state index contributed by atoms with van der Waals surface area (Å²) in [5, 5.41) is 5.11. The van der Waals surface area contributed by atoms with Gasteiger partial charge in [0.05, 0.1) is 12.7 Å².